The lowest BCUT2D eigenvalue weighted by Crippen LogP contribution is -2.04. The molecule has 3 nitrogen and oxygen atoms in total. The molecule has 0 aliphatic rings. The number of ether oxygens (including phenoxy) is 1. The van der Waals surface area contributed by atoms with Crippen molar-refractivity contribution in [1.82, 2.24) is 0 Å². The summed E-state index contributed by atoms with van der Waals surface area (Å²) in [5.74, 6) is 0.797. The van der Waals surface area contributed by atoms with Gasteiger partial charge in [-0.15, -0.1) is 11.6 Å². The standard InChI is InChI=1S/C10H11ClO3/c11-5-6-14-9-3-1-8(2-4-9)10(13)7-12/h1-4,12H,5-7H2. The van der Waals surface area contributed by atoms with E-state index in [1.165, 1.54) is 0 Å². The number of carbonyl (C=O) groups excluding carboxylic acids is 1. The number of benzene rings is 1. The monoisotopic (exact) mass is 214 g/mol. The highest BCUT2D eigenvalue weighted by atomic mass is 35.5. The predicted molar refractivity (Wildman–Crippen MR) is 54.1 cm³/mol. The Labute approximate surface area is 87.3 Å². The van der Waals surface area contributed by atoms with Gasteiger partial charge in [-0.25, -0.2) is 0 Å². The molecule has 0 fully saturated rings. The molecule has 0 aliphatic carbocycles. The van der Waals surface area contributed by atoms with Crippen LogP contribution in [0.15, 0.2) is 24.3 Å². The van der Waals surface area contributed by atoms with E-state index in [4.69, 9.17) is 21.4 Å². The van der Waals surface area contributed by atoms with Gasteiger partial charge in [0.2, 0.25) is 0 Å². The Kier molecular flexibility index (Phi) is 4.43. The summed E-state index contributed by atoms with van der Waals surface area (Å²) in [6.45, 7) is -0.0310. The molecule has 0 bridgehead atoms. The van der Waals surface area contributed by atoms with Crippen molar-refractivity contribution in [3.05, 3.63) is 29.8 Å². The third-order valence-corrected chi connectivity index (χ3v) is 1.82. The molecule has 0 atom stereocenters. The van der Waals surface area contributed by atoms with E-state index in [1.54, 1.807) is 24.3 Å². The van der Waals surface area contributed by atoms with Crippen LogP contribution >= 0.6 is 11.6 Å². The number of aliphatic hydroxyl groups excluding tert-OH is 1. The number of hydrogen-bond acceptors (Lipinski definition) is 3. The summed E-state index contributed by atoms with van der Waals surface area (Å²) in [4.78, 5) is 11.0. The van der Waals surface area contributed by atoms with Crippen molar-refractivity contribution < 1.29 is 14.6 Å². The van der Waals surface area contributed by atoms with Gasteiger partial charge in [-0.3, -0.25) is 4.79 Å². The highest BCUT2D eigenvalue weighted by Crippen LogP contribution is 2.12. The van der Waals surface area contributed by atoms with Crippen molar-refractivity contribution in [2.75, 3.05) is 19.1 Å². The summed E-state index contributed by atoms with van der Waals surface area (Å²) in [5, 5.41) is 8.60. The van der Waals surface area contributed by atoms with E-state index in [0.717, 1.165) is 0 Å². The van der Waals surface area contributed by atoms with Crippen LogP contribution in [-0.4, -0.2) is 30.0 Å². The lowest BCUT2D eigenvalue weighted by molar-refractivity contribution is 0.0903. The lowest BCUT2D eigenvalue weighted by Gasteiger charge is -2.04. The Morgan fingerprint density at radius 1 is 1.36 bits per heavy atom. The first-order chi connectivity index (χ1) is 6.77. The van der Waals surface area contributed by atoms with Gasteiger partial charge in [0, 0.05) is 5.56 Å². The van der Waals surface area contributed by atoms with Crippen LogP contribution in [0.4, 0.5) is 0 Å². The Morgan fingerprint density at radius 3 is 2.50 bits per heavy atom. The van der Waals surface area contributed by atoms with Crippen LogP contribution in [0.3, 0.4) is 0 Å². The molecule has 0 radical (unpaired) electrons. The summed E-state index contributed by atoms with van der Waals surface area (Å²) >= 11 is 5.44. The van der Waals surface area contributed by atoms with E-state index in [1.807, 2.05) is 0 Å². The Bertz CT molecular complexity index is 295. The number of halogens is 1. The van der Waals surface area contributed by atoms with Gasteiger partial charge in [-0.2, -0.15) is 0 Å². The van der Waals surface area contributed by atoms with Gasteiger partial charge in [-0.05, 0) is 24.3 Å². The molecule has 0 heterocycles. The van der Waals surface area contributed by atoms with Crippen molar-refractivity contribution in [3.8, 4) is 5.75 Å². The van der Waals surface area contributed by atoms with Gasteiger partial charge < -0.3 is 9.84 Å². The maximum atomic E-state index is 11.0. The van der Waals surface area contributed by atoms with Gasteiger partial charge in [0.15, 0.2) is 5.78 Å². The summed E-state index contributed by atoms with van der Waals surface area (Å²) in [7, 11) is 0. The third kappa shape index (κ3) is 3.01. The lowest BCUT2D eigenvalue weighted by atomic mass is 10.1. The second-order valence-electron chi connectivity index (χ2n) is 2.64. The molecule has 1 rings (SSSR count). The Hall–Kier alpha value is -1.06. The van der Waals surface area contributed by atoms with Crippen LogP contribution in [0, 0.1) is 0 Å². The number of Topliss-reactive ketones (excluding diaryl/α,β-unsaturated/α-hetero) is 1. The van der Waals surface area contributed by atoms with Crippen molar-refractivity contribution in [1.29, 1.82) is 0 Å². The Morgan fingerprint density at radius 2 is 2.00 bits per heavy atom. The minimum absolute atomic E-state index is 0.297. The number of alkyl halides is 1. The van der Waals surface area contributed by atoms with Crippen molar-refractivity contribution in [2.45, 2.75) is 0 Å². The average Bonchev–Trinajstić information content (AvgIpc) is 2.26. The SMILES string of the molecule is O=C(CO)c1ccc(OCCCl)cc1. The molecule has 0 saturated carbocycles. The fourth-order valence-corrected chi connectivity index (χ4v) is 1.06. The maximum absolute atomic E-state index is 11.0. The molecule has 1 N–H and O–H groups in total. The first kappa shape index (κ1) is 11.0. The first-order valence-corrected chi connectivity index (χ1v) is 4.74. The molecule has 0 unspecified atom stereocenters. The second kappa shape index (κ2) is 5.62. The molecular weight excluding hydrogens is 204 g/mol. The molecular formula is C10H11ClO3. The van der Waals surface area contributed by atoms with E-state index in [2.05, 4.69) is 0 Å². The molecule has 76 valence electrons. The smallest absolute Gasteiger partial charge is 0.188 e. The molecule has 1 aromatic carbocycles. The summed E-state index contributed by atoms with van der Waals surface area (Å²) in [6, 6.07) is 6.58. The van der Waals surface area contributed by atoms with Crippen LogP contribution in [0.25, 0.3) is 0 Å². The van der Waals surface area contributed by atoms with Gasteiger partial charge in [0.25, 0.3) is 0 Å². The fraction of sp³-hybridized carbons (Fsp3) is 0.300. The van der Waals surface area contributed by atoms with Gasteiger partial charge >= 0.3 is 0 Å². The highest BCUT2D eigenvalue weighted by molar-refractivity contribution is 6.18. The quantitative estimate of drug-likeness (QED) is 0.597. The van der Waals surface area contributed by atoms with E-state index in [0.29, 0.717) is 23.8 Å². The number of rotatable bonds is 5. The average molecular weight is 215 g/mol. The van der Waals surface area contributed by atoms with E-state index >= 15 is 0 Å². The van der Waals surface area contributed by atoms with Crippen molar-refractivity contribution in [2.24, 2.45) is 0 Å². The molecule has 4 heteroatoms. The van der Waals surface area contributed by atoms with Crippen LogP contribution < -0.4 is 4.74 Å². The van der Waals surface area contributed by atoms with Crippen molar-refractivity contribution >= 4 is 17.4 Å². The number of hydrogen-bond donors (Lipinski definition) is 1. The largest absolute Gasteiger partial charge is 0.492 e. The minimum Gasteiger partial charge on any atom is -0.492 e. The van der Waals surface area contributed by atoms with E-state index in [-0.39, 0.29) is 5.78 Å². The van der Waals surface area contributed by atoms with Crippen LogP contribution in [0.1, 0.15) is 10.4 Å². The van der Waals surface area contributed by atoms with E-state index in [9.17, 15) is 4.79 Å². The molecule has 0 aliphatic heterocycles. The topological polar surface area (TPSA) is 46.5 Å². The van der Waals surface area contributed by atoms with Gasteiger partial charge in [-0.1, -0.05) is 0 Å². The molecule has 14 heavy (non-hydrogen) atoms. The van der Waals surface area contributed by atoms with Crippen LogP contribution in [0.5, 0.6) is 5.75 Å². The van der Waals surface area contributed by atoms with Crippen LogP contribution in [-0.2, 0) is 0 Å². The van der Waals surface area contributed by atoms with Gasteiger partial charge in [0.05, 0.1) is 5.88 Å². The normalized spacial score (nSPS) is 9.86. The highest BCUT2D eigenvalue weighted by Gasteiger charge is 2.03. The van der Waals surface area contributed by atoms with Crippen molar-refractivity contribution in [3.63, 3.8) is 0 Å². The number of carbonyl (C=O) groups is 1. The summed E-state index contributed by atoms with van der Waals surface area (Å²) < 4.78 is 5.22. The first-order valence-electron chi connectivity index (χ1n) is 4.21. The zero-order valence-electron chi connectivity index (χ0n) is 7.57. The summed E-state index contributed by atoms with van der Waals surface area (Å²) in [5.41, 5.74) is 0.478. The molecule has 0 spiro atoms. The number of ketones is 1. The fourth-order valence-electron chi connectivity index (χ4n) is 0.985. The molecule has 0 saturated heterocycles. The second-order valence-corrected chi connectivity index (χ2v) is 3.02. The zero-order valence-corrected chi connectivity index (χ0v) is 8.33. The van der Waals surface area contributed by atoms with E-state index < -0.39 is 6.61 Å². The third-order valence-electron chi connectivity index (χ3n) is 1.67. The molecule has 0 aromatic heterocycles. The van der Waals surface area contributed by atoms with Crippen LogP contribution in [0.2, 0.25) is 0 Å². The maximum Gasteiger partial charge on any atom is 0.188 e. The predicted octanol–water partition coefficient (Wildman–Crippen LogP) is 1.48. The Balaban J connectivity index is 2.63. The minimum atomic E-state index is -0.470. The summed E-state index contributed by atoms with van der Waals surface area (Å²) in [6.07, 6.45) is 0. The molecule has 0 amide bonds. The zero-order chi connectivity index (χ0) is 10.4. The van der Waals surface area contributed by atoms with Gasteiger partial charge in [0.1, 0.15) is 19.0 Å². The molecule has 1 aromatic rings. The number of aliphatic hydroxyl groups is 1.